The lowest BCUT2D eigenvalue weighted by Gasteiger charge is -2.57. The quantitative estimate of drug-likeness (QED) is 0.621. The standard InChI is InChI=1S/C18H25F3O3/c1-9(2)16(22)24-15(17(3,23)18(19,20)21)14-12-5-10-4-11(7-12)8-13(14)6-10/h10-15,23H,1,4-8H2,2-3H3. The molecule has 4 aliphatic carbocycles. The maximum absolute atomic E-state index is 13.5. The maximum atomic E-state index is 13.5. The number of ether oxygens (including phenoxy) is 1. The highest BCUT2D eigenvalue weighted by atomic mass is 19.4. The number of carbonyl (C=O) groups excluding carboxylic acids is 1. The van der Waals surface area contributed by atoms with Gasteiger partial charge < -0.3 is 9.84 Å². The van der Waals surface area contributed by atoms with Crippen LogP contribution in [-0.4, -0.2) is 29.0 Å². The Morgan fingerprint density at radius 1 is 1.12 bits per heavy atom. The highest BCUT2D eigenvalue weighted by Crippen LogP contribution is 2.59. The molecule has 4 saturated carbocycles. The fourth-order valence-corrected chi connectivity index (χ4v) is 5.41. The maximum Gasteiger partial charge on any atom is 0.420 e. The van der Waals surface area contributed by atoms with Crippen molar-refractivity contribution >= 4 is 5.97 Å². The van der Waals surface area contributed by atoms with Gasteiger partial charge in [-0.15, -0.1) is 0 Å². The highest BCUT2D eigenvalue weighted by Gasteiger charge is 2.63. The van der Waals surface area contributed by atoms with Crippen LogP contribution in [0.25, 0.3) is 0 Å². The summed E-state index contributed by atoms with van der Waals surface area (Å²) in [5.41, 5.74) is -3.01. The predicted octanol–water partition coefficient (Wildman–Crippen LogP) is 3.86. The SMILES string of the molecule is C=C(C)C(=O)OC(C1C2CC3CC(C2)CC1C3)C(C)(O)C(F)(F)F. The van der Waals surface area contributed by atoms with Gasteiger partial charge in [-0.1, -0.05) is 6.58 Å². The van der Waals surface area contributed by atoms with E-state index in [1.165, 1.54) is 13.3 Å². The van der Waals surface area contributed by atoms with E-state index in [0.29, 0.717) is 11.8 Å². The lowest BCUT2D eigenvalue weighted by atomic mass is 9.50. The van der Waals surface area contributed by atoms with Crippen molar-refractivity contribution in [1.82, 2.24) is 0 Å². The van der Waals surface area contributed by atoms with Gasteiger partial charge in [0.1, 0.15) is 6.10 Å². The number of hydrogen-bond donors (Lipinski definition) is 1. The number of rotatable bonds is 4. The summed E-state index contributed by atoms with van der Waals surface area (Å²) in [5, 5.41) is 10.3. The molecule has 0 saturated heterocycles. The zero-order valence-electron chi connectivity index (χ0n) is 14.1. The number of esters is 1. The molecule has 1 N–H and O–H groups in total. The van der Waals surface area contributed by atoms with Crippen LogP contribution in [0, 0.1) is 29.6 Å². The Morgan fingerprint density at radius 3 is 1.96 bits per heavy atom. The van der Waals surface area contributed by atoms with Crippen LogP contribution in [0.3, 0.4) is 0 Å². The summed E-state index contributed by atoms with van der Waals surface area (Å²) in [7, 11) is 0. The summed E-state index contributed by atoms with van der Waals surface area (Å²) in [5.74, 6) is 0.0567. The van der Waals surface area contributed by atoms with Gasteiger partial charge in [0.15, 0.2) is 5.60 Å². The molecule has 0 aromatic carbocycles. The van der Waals surface area contributed by atoms with Gasteiger partial charge in [0.2, 0.25) is 0 Å². The molecule has 0 amide bonds. The zero-order chi connectivity index (χ0) is 17.9. The van der Waals surface area contributed by atoms with Crippen LogP contribution < -0.4 is 0 Å². The van der Waals surface area contributed by atoms with E-state index in [-0.39, 0.29) is 17.4 Å². The van der Waals surface area contributed by atoms with Crippen molar-refractivity contribution in [3.8, 4) is 0 Å². The minimum Gasteiger partial charge on any atom is -0.455 e. The van der Waals surface area contributed by atoms with Gasteiger partial charge in [-0.3, -0.25) is 0 Å². The third-order valence-corrected chi connectivity index (χ3v) is 6.36. The largest absolute Gasteiger partial charge is 0.455 e. The zero-order valence-corrected chi connectivity index (χ0v) is 14.1. The molecule has 136 valence electrons. The van der Waals surface area contributed by atoms with E-state index < -0.39 is 29.8 Å². The summed E-state index contributed by atoms with van der Waals surface area (Å²) in [6, 6.07) is 0. The van der Waals surface area contributed by atoms with Gasteiger partial charge in [-0.2, -0.15) is 13.2 Å². The topological polar surface area (TPSA) is 46.5 Å². The molecule has 24 heavy (non-hydrogen) atoms. The first-order valence-electron chi connectivity index (χ1n) is 8.66. The van der Waals surface area contributed by atoms with Crippen molar-refractivity contribution in [2.45, 2.75) is 63.8 Å². The molecule has 4 aliphatic rings. The number of alkyl halides is 3. The summed E-state index contributed by atoms with van der Waals surface area (Å²) >= 11 is 0. The summed E-state index contributed by atoms with van der Waals surface area (Å²) in [6.07, 6.45) is -1.73. The second-order valence-corrected chi connectivity index (χ2v) is 8.26. The van der Waals surface area contributed by atoms with Crippen molar-refractivity contribution < 1.29 is 27.8 Å². The third kappa shape index (κ3) is 2.87. The van der Waals surface area contributed by atoms with E-state index in [0.717, 1.165) is 32.6 Å². The van der Waals surface area contributed by atoms with Gasteiger partial charge >= 0.3 is 12.1 Å². The highest BCUT2D eigenvalue weighted by molar-refractivity contribution is 5.87. The Balaban J connectivity index is 1.92. The average Bonchev–Trinajstić information content (AvgIpc) is 2.43. The molecule has 0 aromatic rings. The molecule has 0 heterocycles. The van der Waals surface area contributed by atoms with Crippen molar-refractivity contribution in [2.24, 2.45) is 29.6 Å². The Bertz CT molecular complexity index is 510. The minimum absolute atomic E-state index is 0.0433. The van der Waals surface area contributed by atoms with Gasteiger partial charge in [0.05, 0.1) is 0 Å². The molecule has 0 aliphatic heterocycles. The second kappa shape index (κ2) is 5.75. The van der Waals surface area contributed by atoms with Gasteiger partial charge in [-0.05, 0) is 69.6 Å². The van der Waals surface area contributed by atoms with Crippen LogP contribution in [0.5, 0.6) is 0 Å². The second-order valence-electron chi connectivity index (χ2n) is 8.26. The predicted molar refractivity (Wildman–Crippen MR) is 81.9 cm³/mol. The molecule has 2 atom stereocenters. The lowest BCUT2D eigenvalue weighted by Crippen LogP contribution is -2.62. The van der Waals surface area contributed by atoms with E-state index in [1.54, 1.807) is 0 Å². The smallest absolute Gasteiger partial charge is 0.420 e. The number of carbonyl (C=O) groups is 1. The molecule has 4 fully saturated rings. The lowest BCUT2D eigenvalue weighted by molar-refractivity contribution is -0.301. The number of halogens is 3. The van der Waals surface area contributed by atoms with Crippen LogP contribution >= 0.6 is 0 Å². The molecule has 6 heteroatoms. The van der Waals surface area contributed by atoms with Crippen LogP contribution in [0.4, 0.5) is 13.2 Å². The molecule has 2 unspecified atom stereocenters. The average molecular weight is 346 g/mol. The number of hydrogen-bond acceptors (Lipinski definition) is 3. The summed E-state index contributed by atoms with van der Waals surface area (Å²) < 4.78 is 45.7. The Kier molecular flexibility index (Phi) is 4.26. The molecule has 4 bridgehead atoms. The summed E-state index contributed by atoms with van der Waals surface area (Å²) in [6.45, 7) is 5.58. The van der Waals surface area contributed by atoms with E-state index in [4.69, 9.17) is 4.74 Å². The van der Waals surface area contributed by atoms with Crippen molar-refractivity contribution in [3.05, 3.63) is 12.2 Å². The van der Waals surface area contributed by atoms with Gasteiger partial charge in [-0.25, -0.2) is 4.79 Å². The third-order valence-electron chi connectivity index (χ3n) is 6.36. The van der Waals surface area contributed by atoms with Crippen molar-refractivity contribution in [3.63, 3.8) is 0 Å². The van der Waals surface area contributed by atoms with Crippen LogP contribution in [0.1, 0.15) is 46.0 Å². The Labute approximate surface area is 140 Å². The summed E-state index contributed by atoms with van der Waals surface area (Å²) in [4.78, 5) is 12.0. The molecule has 0 aromatic heterocycles. The normalized spacial score (nSPS) is 38.5. The first-order valence-corrected chi connectivity index (χ1v) is 8.66. The number of aliphatic hydroxyl groups is 1. The molecular formula is C18H25F3O3. The molecular weight excluding hydrogens is 321 g/mol. The first kappa shape index (κ1) is 17.8. The van der Waals surface area contributed by atoms with Crippen molar-refractivity contribution in [1.29, 1.82) is 0 Å². The van der Waals surface area contributed by atoms with Crippen LogP contribution in [0.2, 0.25) is 0 Å². The van der Waals surface area contributed by atoms with E-state index in [2.05, 4.69) is 6.58 Å². The molecule has 0 spiro atoms. The molecule has 4 rings (SSSR count). The molecule has 3 nitrogen and oxygen atoms in total. The van der Waals surface area contributed by atoms with Gasteiger partial charge in [0.25, 0.3) is 0 Å². The van der Waals surface area contributed by atoms with Crippen LogP contribution in [0.15, 0.2) is 12.2 Å². The minimum atomic E-state index is -4.86. The van der Waals surface area contributed by atoms with E-state index in [9.17, 15) is 23.1 Å². The Hall–Kier alpha value is -1.04. The van der Waals surface area contributed by atoms with Gasteiger partial charge in [0, 0.05) is 11.5 Å². The monoisotopic (exact) mass is 346 g/mol. The molecule has 0 radical (unpaired) electrons. The van der Waals surface area contributed by atoms with Crippen molar-refractivity contribution in [2.75, 3.05) is 0 Å². The van der Waals surface area contributed by atoms with Crippen LogP contribution in [-0.2, 0) is 9.53 Å². The van der Waals surface area contributed by atoms with E-state index in [1.807, 2.05) is 0 Å². The van der Waals surface area contributed by atoms with E-state index >= 15 is 0 Å². The fourth-order valence-electron chi connectivity index (χ4n) is 5.41. The fraction of sp³-hybridized carbons (Fsp3) is 0.833. The first-order chi connectivity index (χ1) is 11.0. The Morgan fingerprint density at radius 2 is 1.58 bits per heavy atom.